The van der Waals surface area contributed by atoms with Crippen molar-refractivity contribution in [2.24, 2.45) is 0 Å². The molecular weight excluding hydrogens is 300 g/mol. The quantitative estimate of drug-likeness (QED) is 0.661. The number of fused-ring (bicyclic) bond motifs is 1. The van der Waals surface area contributed by atoms with Gasteiger partial charge in [-0.3, -0.25) is 0 Å². The summed E-state index contributed by atoms with van der Waals surface area (Å²) in [6.07, 6.45) is 0.780. The Morgan fingerprint density at radius 2 is 1.91 bits per heavy atom. The summed E-state index contributed by atoms with van der Waals surface area (Å²) >= 11 is 6.11. The number of halogens is 1. The van der Waals surface area contributed by atoms with Gasteiger partial charge in [-0.1, -0.05) is 36.7 Å². The molecule has 0 bridgehead atoms. The van der Waals surface area contributed by atoms with E-state index >= 15 is 0 Å². The van der Waals surface area contributed by atoms with Crippen molar-refractivity contribution in [3.8, 4) is 5.75 Å². The number of aryl methyl sites for hydroxylation is 1. The maximum Gasteiger partial charge on any atom is 0.336 e. The lowest BCUT2D eigenvalue weighted by Crippen LogP contribution is -2.01. The zero-order valence-electron chi connectivity index (χ0n) is 12.1. The summed E-state index contributed by atoms with van der Waals surface area (Å²) in [6, 6.07) is 14.6. The molecule has 3 rings (SSSR count). The third-order valence-corrected chi connectivity index (χ3v) is 3.90. The molecule has 3 nitrogen and oxygen atoms in total. The molecule has 0 aliphatic heterocycles. The normalized spacial score (nSPS) is 10.8. The van der Waals surface area contributed by atoms with Crippen LogP contribution in [0.15, 0.2) is 57.7 Å². The summed E-state index contributed by atoms with van der Waals surface area (Å²) in [5.74, 6) is 0.642. The molecule has 112 valence electrons. The summed E-state index contributed by atoms with van der Waals surface area (Å²) in [5.41, 5.74) is 2.09. The number of ether oxygens (including phenoxy) is 1. The molecule has 1 heterocycles. The second kappa shape index (κ2) is 6.24. The van der Waals surface area contributed by atoms with Crippen LogP contribution in [0.3, 0.4) is 0 Å². The van der Waals surface area contributed by atoms with Crippen molar-refractivity contribution < 1.29 is 9.15 Å². The van der Waals surface area contributed by atoms with Gasteiger partial charge in [0.25, 0.3) is 0 Å². The zero-order valence-corrected chi connectivity index (χ0v) is 12.9. The van der Waals surface area contributed by atoms with E-state index in [9.17, 15) is 4.79 Å². The van der Waals surface area contributed by atoms with Gasteiger partial charge in [0.2, 0.25) is 0 Å². The SMILES string of the molecule is CCc1cc(=O)oc2cc(OCc3ccccc3Cl)ccc12. The highest BCUT2D eigenvalue weighted by atomic mass is 35.5. The van der Waals surface area contributed by atoms with Gasteiger partial charge in [0.05, 0.1) is 0 Å². The summed E-state index contributed by atoms with van der Waals surface area (Å²) in [4.78, 5) is 11.6. The van der Waals surface area contributed by atoms with E-state index in [0.717, 1.165) is 22.9 Å². The van der Waals surface area contributed by atoms with Crippen LogP contribution in [0.1, 0.15) is 18.1 Å². The van der Waals surface area contributed by atoms with Crippen molar-refractivity contribution in [3.05, 3.63) is 75.1 Å². The Kier molecular flexibility index (Phi) is 4.16. The van der Waals surface area contributed by atoms with Crippen molar-refractivity contribution in [2.75, 3.05) is 0 Å². The predicted octanol–water partition coefficient (Wildman–Crippen LogP) is 4.59. The first-order chi connectivity index (χ1) is 10.7. The molecule has 0 aliphatic carbocycles. The molecule has 0 amide bonds. The van der Waals surface area contributed by atoms with Crippen LogP contribution >= 0.6 is 11.6 Å². The first kappa shape index (κ1) is 14.7. The lowest BCUT2D eigenvalue weighted by atomic mass is 10.1. The predicted molar refractivity (Wildman–Crippen MR) is 87.6 cm³/mol. The third kappa shape index (κ3) is 3.00. The Hall–Kier alpha value is -2.26. The first-order valence-corrected chi connectivity index (χ1v) is 7.48. The molecule has 0 spiro atoms. The van der Waals surface area contributed by atoms with Gasteiger partial charge in [-0.15, -0.1) is 0 Å². The molecule has 0 radical (unpaired) electrons. The van der Waals surface area contributed by atoms with Gasteiger partial charge in [-0.05, 0) is 30.2 Å². The molecular formula is C18H15ClO3. The van der Waals surface area contributed by atoms with E-state index in [0.29, 0.717) is 23.0 Å². The van der Waals surface area contributed by atoms with Gasteiger partial charge in [-0.2, -0.15) is 0 Å². The highest BCUT2D eigenvalue weighted by molar-refractivity contribution is 6.31. The van der Waals surface area contributed by atoms with Crippen LogP contribution in [-0.2, 0) is 13.0 Å². The fourth-order valence-electron chi connectivity index (χ4n) is 2.37. The van der Waals surface area contributed by atoms with Crippen molar-refractivity contribution in [2.45, 2.75) is 20.0 Å². The van der Waals surface area contributed by atoms with Crippen molar-refractivity contribution in [1.82, 2.24) is 0 Å². The van der Waals surface area contributed by atoms with Gasteiger partial charge in [0.15, 0.2) is 0 Å². The summed E-state index contributed by atoms with van der Waals surface area (Å²) in [5, 5.41) is 1.61. The van der Waals surface area contributed by atoms with E-state index in [2.05, 4.69) is 0 Å². The Morgan fingerprint density at radius 3 is 2.68 bits per heavy atom. The van der Waals surface area contributed by atoms with Gasteiger partial charge in [0.1, 0.15) is 17.9 Å². The lowest BCUT2D eigenvalue weighted by molar-refractivity contribution is 0.306. The van der Waals surface area contributed by atoms with Crippen LogP contribution in [-0.4, -0.2) is 0 Å². The number of hydrogen-bond acceptors (Lipinski definition) is 3. The molecule has 1 aromatic heterocycles. The van der Waals surface area contributed by atoms with Crippen molar-refractivity contribution in [3.63, 3.8) is 0 Å². The minimum absolute atomic E-state index is 0.340. The summed E-state index contributed by atoms with van der Waals surface area (Å²) in [6.45, 7) is 2.37. The number of benzene rings is 2. The highest BCUT2D eigenvalue weighted by Crippen LogP contribution is 2.24. The standard InChI is InChI=1S/C18H15ClO3/c1-2-12-9-18(20)22-17-10-14(7-8-15(12)17)21-11-13-5-3-4-6-16(13)19/h3-10H,2,11H2,1H3. The average Bonchev–Trinajstić information content (AvgIpc) is 2.53. The molecule has 0 fully saturated rings. The number of rotatable bonds is 4. The molecule has 2 aromatic carbocycles. The highest BCUT2D eigenvalue weighted by Gasteiger charge is 2.06. The molecule has 0 atom stereocenters. The number of hydrogen-bond donors (Lipinski definition) is 0. The average molecular weight is 315 g/mol. The maximum atomic E-state index is 11.6. The molecule has 0 N–H and O–H groups in total. The van der Waals surface area contributed by atoms with Crippen molar-refractivity contribution in [1.29, 1.82) is 0 Å². The molecule has 0 saturated heterocycles. The van der Waals surface area contributed by atoms with E-state index in [1.807, 2.05) is 43.3 Å². The van der Waals surface area contributed by atoms with E-state index in [-0.39, 0.29) is 5.63 Å². The Bertz CT molecular complexity index is 868. The second-order valence-corrected chi connectivity index (χ2v) is 5.39. The molecule has 0 saturated carbocycles. The molecule has 0 aliphatic rings. The summed E-state index contributed by atoms with van der Waals surface area (Å²) < 4.78 is 11.0. The van der Waals surface area contributed by atoms with Gasteiger partial charge < -0.3 is 9.15 Å². The van der Waals surface area contributed by atoms with E-state index in [1.54, 1.807) is 6.07 Å². The van der Waals surface area contributed by atoms with Crippen LogP contribution < -0.4 is 10.4 Å². The van der Waals surface area contributed by atoms with Gasteiger partial charge in [0, 0.05) is 28.1 Å². The second-order valence-electron chi connectivity index (χ2n) is 4.98. The minimum Gasteiger partial charge on any atom is -0.489 e. The summed E-state index contributed by atoms with van der Waals surface area (Å²) in [7, 11) is 0. The Morgan fingerprint density at radius 1 is 1.09 bits per heavy atom. The van der Waals surface area contributed by atoms with Crippen LogP contribution in [0.5, 0.6) is 5.75 Å². The fraction of sp³-hybridized carbons (Fsp3) is 0.167. The van der Waals surface area contributed by atoms with E-state index < -0.39 is 0 Å². The first-order valence-electron chi connectivity index (χ1n) is 7.10. The van der Waals surface area contributed by atoms with Gasteiger partial charge >= 0.3 is 5.63 Å². The molecule has 4 heteroatoms. The maximum absolute atomic E-state index is 11.6. The monoisotopic (exact) mass is 314 g/mol. The van der Waals surface area contributed by atoms with Crippen molar-refractivity contribution >= 4 is 22.6 Å². The van der Waals surface area contributed by atoms with Gasteiger partial charge in [-0.25, -0.2) is 4.79 Å². The van der Waals surface area contributed by atoms with E-state index in [1.165, 1.54) is 6.07 Å². The smallest absolute Gasteiger partial charge is 0.336 e. The Balaban J connectivity index is 1.89. The van der Waals surface area contributed by atoms with Crippen LogP contribution in [0, 0.1) is 0 Å². The van der Waals surface area contributed by atoms with Crippen LogP contribution in [0.4, 0.5) is 0 Å². The molecule has 3 aromatic rings. The zero-order chi connectivity index (χ0) is 15.5. The van der Waals surface area contributed by atoms with Crippen LogP contribution in [0.25, 0.3) is 11.0 Å². The third-order valence-electron chi connectivity index (χ3n) is 3.53. The fourth-order valence-corrected chi connectivity index (χ4v) is 2.56. The minimum atomic E-state index is -0.340. The van der Waals surface area contributed by atoms with Crippen LogP contribution in [0.2, 0.25) is 5.02 Å². The lowest BCUT2D eigenvalue weighted by Gasteiger charge is -2.09. The topological polar surface area (TPSA) is 39.4 Å². The largest absolute Gasteiger partial charge is 0.489 e. The molecule has 0 unspecified atom stereocenters. The molecule has 22 heavy (non-hydrogen) atoms. The Labute approximate surface area is 133 Å². The van der Waals surface area contributed by atoms with E-state index in [4.69, 9.17) is 20.8 Å².